The lowest BCUT2D eigenvalue weighted by molar-refractivity contribution is 0.188. The minimum Gasteiger partial charge on any atom is -0.334 e. The van der Waals surface area contributed by atoms with Crippen LogP contribution < -0.4 is 10.3 Å². The predicted octanol–water partition coefficient (Wildman–Crippen LogP) is 2.56. The molecule has 2 aromatic rings. The molecule has 1 aromatic carbocycles. The average molecular weight is 446 g/mol. The molecule has 2 amide bonds. The molecule has 0 aliphatic carbocycles. The van der Waals surface area contributed by atoms with Crippen molar-refractivity contribution in [2.24, 2.45) is 5.10 Å². The molecule has 0 saturated carbocycles. The molecular formula is C21H24FN5O3S. The first-order valence-corrected chi connectivity index (χ1v) is 12.0. The normalized spacial score (nSPS) is 21.0. The third-order valence-electron chi connectivity index (χ3n) is 5.54. The Kier molecular flexibility index (Phi) is 5.90. The van der Waals surface area contributed by atoms with Crippen LogP contribution in [-0.4, -0.2) is 55.4 Å². The van der Waals surface area contributed by atoms with Gasteiger partial charge in [-0.15, -0.1) is 0 Å². The Morgan fingerprint density at radius 2 is 2.00 bits per heavy atom. The fourth-order valence-corrected chi connectivity index (χ4v) is 4.58. The number of anilines is 1. The van der Waals surface area contributed by atoms with Gasteiger partial charge in [-0.3, -0.25) is 5.01 Å². The van der Waals surface area contributed by atoms with E-state index in [1.165, 1.54) is 24.4 Å². The fraction of sp³-hybridized carbons (Fsp3) is 0.381. The van der Waals surface area contributed by atoms with Crippen LogP contribution in [0.15, 0.2) is 52.7 Å². The lowest BCUT2D eigenvalue weighted by Crippen LogP contribution is -2.51. The summed E-state index contributed by atoms with van der Waals surface area (Å²) in [4.78, 5) is 18.6. The first-order valence-electron chi connectivity index (χ1n) is 10.1. The smallest absolute Gasteiger partial charge is 0.318 e. The van der Waals surface area contributed by atoms with Crippen molar-refractivity contribution in [1.82, 2.24) is 15.2 Å². The number of hydrogen-bond acceptors (Lipinski definition) is 6. The zero-order valence-electron chi connectivity index (χ0n) is 17.1. The Labute approximate surface area is 180 Å². The Morgan fingerprint density at radius 1 is 1.23 bits per heavy atom. The van der Waals surface area contributed by atoms with Gasteiger partial charge in [-0.1, -0.05) is 0 Å². The summed E-state index contributed by atoms with van der Waals surface area (Å²) in [6.07, 6.45) is 6.99. The topological polar surface area (TPSA) is 95.0 Å². The van der Waals surface area contributed by atoms with Crippen LogP contribution in [0.2, 0.25) is 0 Å². The van der Waals surface area contributed by atoms with Crippen LogP contribution in [0.25, 0.3) is 0 Å². The van der Waals surface area contributed by atoms with Gasteiger partial charge in [-0.25, -0.2) is 22.6 Å². The van der Waals surface area contributed by atoms with Crippen LogP contribution in [0.3, 0.4) is 0 Å². The van der Waals surface area contributed by atoms with Crippen molar-refractivity contribution in [2.75, 3.05) is 17.8 Å². The van der Waals surface area contributed by atoms with E-state index in [2.05, 4.69) is 15.4 Å². The highest BCUT2D eigenvalue weighted by molar-refractivity contribution is 7.90. The number of urea groups is 1. The van der Waals surface area contributed by atoms with Crippen molar-refractivity contribution in [3.05, 3.63) is 54.0 Å². The van der Waals surface area contributed by atoms with Gasteiger partial charge in [-0.05, 0) is 61.2 Å². The van der Waals surface area contributed by atoms with Gasteiger partial charge in [0.25, 0.3) is 0 Å². The quantitative estimate of drug-likeness (QED) is 0.781. The molecule has 2 atom stereocenters. The molecule has 3 heterocycles. The van der Waals surface area contributed by atoms with Crippen LogP contribution in [-0.2, 0) is 16.4 Å². The summed E-state index contributed by atoms with van der Waals surface area (Å²) >= 11 is 0. The number of sulfone groups is 1. The van der Waals surface area contributed by atoms with Crippen LogP contribution in [0.5, 0.6) is 0 Å². The van der Waals surface area contributed by atoms with Gasteiger partial charge in [0.15, 0.2) is 14.9 Å². The SMILES string of the molecule is CS(=O)(=O)c1cc(CNC(=O)N2CCCCC3C2C=NN3c2ccc(F)cc2)ccn1. The van der Waals surface area contributed by atoms with Gasteiger partial charge < -0.3 is 10.2 Å². The Balaban J connectivity index is 1.46. The van der Waals surface area contributed by atoms with Gasteiger partial charge in [0.2, 0.25) is 0 Å². The summed E-state index contributed by atoms with van der Waals surface area (Å²) in [7, 11) is -3.42. The average Bonchev–Trinajstić information content (AvgIpc) is 3.04. The van der Waals surface area contributed by atoms with E-state index < -0.39 is 9.84 Å². The van der Waals surface area contributed by atoms with Crippen LogP contribution in [0.1, 0.15) is 24.8 Å². The first kappa shape index (κ1) is 21.2. The molecule has 2 aliphatic rings. The number of halogens is 1. The van der Waals surface area contributed by atoms with E-state index in [9.17, 15) is 17.6 Å². The molecule has 0 spiro atoms. The van der Waals surface area contributed by atoms with E-state index in [-0.39, 0.29) is 35.5 Å². The number of aromatic nitrogens is 1. The van der Waals surface area contributed by atoms with E-state index >= 15 is 0 Å². The Morgan fingerprint density at radius 3 is 2.74 bits per heavy atom. The van der Waals surface area contributed by atoms with Crippen molar-refractivity contribution in [2.45, 2.75) is 42.9 Å². The lowest BCUT2D eigenvalue weighted by atomic mass is 10.0. The minimum absolute atomic E-state index is 0.0172. The summed E-state index contributed by atoms with van der Waals surface area (Å²) in [5.41, 5.74) is 1.45. The van der Waals surface area contributed by atoms with Gasteiger partial charge in [0.1, 0.15) is 5.82 Å². The maximum absolute atomic E-state index is 13.3. The van der Waals surface area contributed by atoms with E-state index in [4.69, 9.17) is 0 Å². The van der Waals surface area contributed by atoms with Crippen molar-refractivity contribution in [3.63, 3.8) is 0 Å². The number of rotatable bonds is 4. The number of nitrogens with one attached hydrogen (secondary N) is 1. The molecule has 1 N–H and O–H groups in total. The van der Waals surface area contributed by atoms with E-state index in [1.54, 1.807) is 29.3 Å². The summed E-state index contributed by atoms with van der Waals surface area (Å²) in [6.45, 7) is 0.789. The maximum Gasteiger partial charge on any atom is 0.318 e. The standard InChI is InChI=1S/C21H24FN5O3S/c1-31(29,30)20-12-15(9-10-23-20)13-24-21(28)26-11-3-2-4-18-19(26)14-25-27(18)17-7-5-16(22)6-8-17/h5-10,12,14,18-19H,2-4,11,13H2,1H3,(H,24,28). The number of benzene rings is 1. The molecule has 4 rings (SSSR count). The van der Waals surface area contributed by atoms with Gasteiger partial charge in [-0.2, -0.15) is 5.10 Å². The zero-order valence-corrected chi connectivity index (χ0v) is 17.9. The predicted molar refractivity (Wildman–Crippen MR) is 115 cm³/mol. The number of hydrogen-bond donors (Lipinski definition) is 1. The second kappa shape index (κ2) is 8.62. The number of amides is 2. The number of pyridine rings is 1. The number of nitrogens with zero attached hydrogens (tertiary/aromatic N) is 4. The largest absolute Gasteiger partial charge is 0.334 e. The molecule has 0 radical (unpaired) electrons. The molecule has 1 aromatic heterocycles. The van der Waals surface area contributed by atoms with Gasteiger partial charge in [0, 0.05) is 31.8 Å². The lowest BCUT2D eigenvalue weighted by Gasteiger charge is -2.32. The summed E-state index contributed by atoms with van der Waals surface area (Å²) < 4.78 is 36.7. The van der Waals surface area contributed by atoms with Crippen LogP contribution in [0, 0.1) is 5.82 Å². The maximum atomic E-state index is 13.3. The second-order valence-electron chi connectivity index (χ2n) is 7.77. The van der Waals surface area contributed by atoms with Crippen molar-refractivity contribution < 1.29 is 17.6 Å². The number of hydrazone groups is 1. The summed E-state index contributed by atoms with van der Waals surface area (Å²) in [5, 5.41) is 9.22. The van der Waals surface area contributed by atoms with Crippen molar-refractivity contribution in [3.8, 4) is 0 Å². The fourth-order valence-electron chi connectivity index (χ4n) is 3.97. The Bertz CT molecular complexity index is 1090. The molecule has 2 unspecified atom stereocenters. The summed E-state index contributed by atoms with van der Waals surface area (Å²) in [6, 6.07) is 8.87. The van der Waals surface area contributed by atoms with E-state index in [1.807, 2.05) is 5.01 Å². The molecule has 1 saturated heterocycles. The Hall–Kier alpha value is -3.01. The molecule has 10 heteroatoms. The molecule has 2 aliphatic heterocycles. The highest BCUT2D eigenvalue weighted by Crippen LogP contribution is 2.30. The number of carbonyl (C=O) groups excluding carboxylic acids is 1. The zero-order chi connectivity index (χ0) is 22.0. The molecule has 8 nitrogen and oxygen atoms in total. The highest BCUT2D eigenvalue weighted by Gasteiger charge is 2.39. The second-order valence-corrected chi connectivity index (χ2v) is 9.73. The highest BCUT2D eigenvalue weighted by atomic mass is 32.2. The van der Waals surface area contributed by atoms with E-state index in [0.29, 0.717) is 12.1 Å². The van der Waals surface area contributed by atoms with Crippen LogP contribution >= 0.6 is 0 Å². The van der Waals surface area contributed by atoms with Crippen LogP contribution in [0.4, 0.5) is 14.9 Å². The van der Waals surface area contributed by atoms with E-state index in [0.717, 1.165) is 31.2 Å². The van der Waals surface area contributed by atoms with Crippen molar-refractivity contribution in [1.29, 1.82) is 0 Å². The third-order valence-corrected chi connectivity index (χ3v) is 6.52. The molecule has 1 fully saturated rings. The number of carbonyl (C=O) groups is 1. The number of likely N-dealkylation sites (tertiary alicyclic amines) is 1. The van der Waals surface area contributed by atoms with Gasteiger partial charge >= 0.3 is 6.03 Å². The third kappa shape index (κ3) is 4.68. The van der Waals surface area contributed by atoms with Crippen molar-refractivity contribution >= 4 is 27.8 Å². The monoisotopic (exact) mass is 445 g/mol. The molecule has 164 valence electrons. The van der Waals surface area contributed by atoms with Gasteiger partial charge in [0.05, 0.1) is 17.8 Å². The molecule has 0 bridgehead atoms. The minimum atomic E-state index is -3.42. The first-order chi connectivity index (χ1) is 14.8. The number of fused-ring (bicyclic) bond motifs is 1. The molecular weight excluding hydrogens is 421 g/mol. The summed E-state index contributed by atoms with van der Waals surface area (Å²) in [5.74, 6) is -0.305. The molecule has 31 heavy (non-hydrogen) atoms.